The first-order chi connectivity index (χ1) is 13.9. The van der Waals surface area contributed by atoms with Crippen molar-refractivity contribution in [3.05, 3.63) is 53.6 Å². The first kappa shape index (κ1) is 23.9. The molecule has 2 N–H and O–H groups in total. The Morgan fingerprint density at radius 3 is 2.23 bits per heavy atom. The van der Waals surface area contributed by atoms with E-state index in [1.54, 1.807) is 20.8 Å². The second-order valence-corrected chi connectivity index (χ2v) is 10.1. The summed E-state index contributed by atoms with van der Waals surface area (Å²) in [5.41, 5.74) is 1.37. The lowest BCUT2D eigenvalue weighted by Crippen LogP contribution is -2.40. The standard InChI is InChI=1S/C22H31N3O4S/c1-22(2,3)24-30(27,28)20-15-17(9-12-19(20)29-6)21(26)23-18-10-7-16(8-11-18)13-14-25(4)5/h7-12,15,24H,13-14H2,1-6H3,(H,23,26). The number of carbonyl (C=O) groups is 1. The molecular weight excluding hydrogens is 402 g/mol. The summed E-state index contributed by atoms with van der Waals surface area (Å²) >= 11 is 0. The van der Waals surface area contributed by atoms with Crippen LogP contribution in [0.15, 0.2) is 47.4 Å². The molecule has 0 aliphatic heterocycles. The third-order valence-electron chi connectivity index (χ3n) is 4.22. The molecule has 7 nitrogen and oxygen atoms in total. The number of hydrogen-bond acceptors (Lipinski definition) is 5. The van der Waals surface area contributed by atoms with E-state index in [4.69, 9.17) is 4.74 Å². The highest BCUT2D eigenvalue weighted by atomic mass is 32.2. The van der Waals surface area contributed by atoms with E-state index in [0.717, 1.165) is 13.0 Å². The Hall–Kier alpha value is -2.42. The second kappa shape index (κ2) is 9.59. The van der Waals surface area contributed by atoms with Crippen molar-refractivity contribution in [3.63, 3.8) is 0 Å². The molecule has 0 unspecified atom stereocenters. The van der Waals surface area contributed by atoms with E-state index in [1.807, 2.05) is 38.4 Å². The molecule has 0 radical (unpaired) electrons. The van der Waals surface area contributed by atoms with E-state index in [0.29, 0.717) is 5.69 Å². The smallest absolute Gasteiger partial charge is 0.255 e. The normalized spacial score (nSPS) is 12.1. The van der Waals surface area contributed by atoms with Crippen LogP contribution in [0, 0.1) is 0 Å². The van der Waals surface area contributed by atoms with E-state index in [1.165, 1.54) is 30.9 Å². The first-order valence-electron chi connectivity index (χ1n) is 9.68. The first-order valence-corrected chi connectivity index (χ1v) is 11.2. The Kier molecular flexibility index (Phi) is 7.63. The fraction of sp³-hybridized carbons (Fsp3) is 0.409. The minimum Gasteiger partial charge on any atom is -0.495 e. The van der Waals surface area contributed by atoms with Crippen molar-refractivity contribution >= 4 is 21.6 Å². The van der Waals surface area contributed by atoms with Crippen molar-refractivity contribution in [1.82, 2.24) is 9.62 Å². The van der Waals surface area contributed by atoms with Gasteiger partial charge in [0, 0.05) is 23.3 Å². The fourth-order valence-electron chi connectivity index (χ4n) is 2.80. The Labute approximate surface area is 179 Å². The predicted octanol–water partition coefficient (Wildman–Crippen LogP) is 3.13. The molecule has 0 saturated carbocycles. The SMILES string of the molecule is COc1ccc(C(=O)Nc2ccc(CCN(C)C)cc2)cc1S(=O)(=O)NC(C)(C)C. The Bertz CT molecular complexity index is 978. The van der Waals surface area contributed by atoms with Crippen LogP contribution in [0.2, 0.25) is 0 Å². The zero-order chi connectivity index (χ0) is 22.5. The number of amides is 1. The van der Waals surface area contributed by atoms with E-state index in [-0.39, 0.29) is 16.2 Å². The largest absolute Gasteiger partial charge is 0.495 e. The predicted molar refractivity (Wildman–Crippen MR) is 120 cm³/mol. The van der Waals surface area contributed by atoms with Gasteiger partial charge in [0.05, 0.1) is 7.11 Å². The maximum atomic E-state index is 12.8. The van der Waals surface area contributed by atoms with E-state index < -0.39 is 21.5 Å². The average molecular weight is 434 g/mol. The van der Waals surface area contributed by atoms with Gasteiger partial charge in [-0.25, -0.2) is 13.1 Å². The molecule has 0 aliphatic rings. The van der Waals surface area contributed by atoms with Gasteiger partial charge in [-0.15, -0.1) is 0 Å². The van der Waals surface area contributed by atoms with Gasteiger partial charge in [-0.3, -0.25) is 4.79 Å². The topological polar surface area (TPSA) is 87.7 Å². The van der Waals surface area contributed by atoms with Crippen molar-refractivity contribution in [2.75, 3.05) is 33.1 Å². The number of ether oxygens (including phenoxy) is 1. The van der Waals surface area contributed by atoms with Crippen LogP contribution in [0.5, 0.6) is 5.75 Å². The number of rotatable bonds is 8. The number of carbonyl (C=O) groups excluding carboxylic acids is 1. The van der Waals surface area contributed by atoms with Crippen molar-refractivity contribution in [2.45, 2.75) is 37.6 Å². The van der Waals surface area contributed by atoms with E-state index in [2.05, 4.69) is 14.9 Å². The molecule has 0 fully saturated rings. The summed E-state index contributed by atoms with van der Waals surface area (Å²) in [6.45, 7) is 6.18. The van der Waals surface area contributed by atoms with Crippen LogP contribution in [0.25, 0.3) is 0 Å². The minimum absolute atomic E-state index is 0.0772. The lowest BCUT2D eigenvalue weighted by Gasteiger charge is -2.21. The molecule has 0 atom stereocenters. The van der Waals surface area contributed by atoms with Crippen LogP contribution in [-0.2, 0) is 16.4 Å². The van der Waals surface area contributed by atoms with Crippen LogP contribution < -0.4 is 14.8 Å². The number of nitrogens with one attached hydrogen (secondary N) is 2. The third-order valence-corrected chi connectivity index (χ3v) is 5.99. The number of likely N-dealkylation sites (N-methyl/N-ethyl adjacent to an activating group) is 1. The number of sulfonamides is 1. The zero-order valence-corrected chi connectivity index (χ0v) is 19.3. The second-order valence-electron chi connectivity index (χ2n) is 8.43. The molecule has 30 heavy (non-hydrogen) atoms. The van der Waals surface area contributed by atoms with Gasteiger partial charge in [0.15, 0.2) is 0 Å². The Morgan fingerprint density at radius 2 is 1.70 bits per heavy atom. The maximum absolute atomic E-state index is 12.8. The number of benzene rings is 2. The van der Waals surface area contributed by atoms with Crippen molar-refractivity contribution in [3.8, 4) is 5.75 Å². The Balaban J connectivity index is 2.22. The lowest BCUT2D eigenvalue weighted by atomic mass is 10.1. The van der Waals surface area contributed by atoms with Gasteiger partial charge < -0.3 is 15.0 Å². The molecule has 8 heteroatoms. The van der Waals surface area contributed by atoms with Gasteiger partial charge in [-0.1, -0.05) is 12.1 Å². The van der Waals surface area contributed by atoms with Crippen molar-refractivity contribution in [2.24, 2.45) is 0 Å². The molecule has 0 aliphatic carbocycles. The summed E-state index contributed by atoms with van der Waals surface area (Å²) in [5, 5.41) is 2.81. The van der Waals surface area contributed by atoms with Crippen LogP contribution in [0.1, 0.15) is 36.7 Å². The monoisotopic (exact) mass is 433 g/mol. The highest BCUT2D eigenvalue weighted by Gasteiger charge is 2.26. The lowest BCUT2D eigenvalue weighted by molar-refractivity contribution is 0.102. The number of nitrogens with zero attached hydrogens (tertiary/aromatic N) is 1. The van der Waals surface area contributed by atoms with Crippen LogP contribution in [-0.4, -0.2) is 52.5 Å². The zero-order valence-electron chi connectivity index (χ0n) is 18.4. The molecule has 2 rings (SSSR count). The summed E-state index contributed by atoms with van der Waals surface area (Å²) in [6, 6.07) is 12.0. The van der Waals surface area contributed by atoms with Gasteiger partial charge >= 0.3 is 0 Å². The summed E-state index contributed by atoms with van der Waals surface area (Å²) in [4.78, 5) is 14.7. The maximum Gasteiger partial charge on any atom is 0.255 e. The van der Waals surface area contributed by atoms with E-state index >= 15 is 0 Å². The highest BCUT2D eigenvalue weighted by Crippen LogP contribution is 2.26. The molecule has 0 heterocycles. The molecule has 0 bridgehead atoms. The summed E-state index contributed by atoms with van der Waals surface area (Å²) in [5.74, 6) is -0.223. The molecule has 2 aromatic carbocycles. The molecule has 0 spiro atoms. The van der Waals surface area contributed by atoms with Crippen LogP contribution in [0.3, 0.4) is 0 Å². The van der Waals surface area contributed by atoms with Gasteiger partial charge in [0.25, 0.3) is 5.91 Å². The molecular formula is C22H31N3O4S. The van der Waals surface area contributed by atoms with Gasteiger partial charge in [-0.2, -0.15) is 0 Å². The number of methoxy groups -OCH3 is 1. The number of anilines is 1. The quantitative estimate of drug-likeness (QED) is 0.668. The molecule has 0 saturated heterocycles. The van der Waals surface area contributed by atoms with Gasteiger partial charge in [0.2, 0.25) is 10.0 Å². The van der Waals surface area contributed by atoms with Crippen LogP contribution >= 0.6 is 0 Å². The van der Waals surface area contributed by atoms with E-state index in [9.17, 15) is 13.2 Å². The van der Waals surface area contributed by atoms with Gasteiger partial charge in [0.1, 0.15) is 10.6 Å². The average Bonchev–Trinajstić information content (AvgIpc) is 2.65. The highest BCUT2D eigenvalue weighted by molar-refractivity contribution is 7.89. The number of hydrogen-bond donors (Lipinski definition) is 2. The van der Waals surface area contributed by atoms with Crippen molar-refractivity contribution < 1.29 is 17.9 Å². The van der Waals surface area contributed by atoms with Gasteiger partial charge in [-0.05, 0) is 77.2 Å². The molecule has 164 valence electrons. The Morgan fingerprint density at radius 1 is 1.07 bits per heavy atom. The molecule has 2 aromatic rings. The third kappa shape index (κ3) is 6.83. The fourth-order valence-corrected chi connectivity index (χ4v) is 4.41. The molecule has 1 amide bonds. The van der Waals surface area contributed by atoms with Crippen molar-refractivity contribution in [1.29, 1.82) is 0 Å². The summed E-state index contributed by atoms with van der Waals surface area (Å²) in [7, 11) is 1.57. The summed E-state index contributed by atoms with van der Waals surface area (Å²) < 4.78 is 33.3. The minimum atomic E-state index is -3.87. The summed E-state index contributed by atoms with van der Waals surface area (Å²) in [6.07, 6.45) is 0.918. The molecule has 0 aromatic heterocycles. The van der Waals surface area contributed by atoms with Crippen LogP contribution in [0.4, 0.5) is 5.69 Å².